The summed E-state index contributed by atoms with van der Waals surface area (Å²) in [5, 5.41) is 10.2. The molecule has 0 aromatic carbocycles. The Morgan fingerprint density at radius 2 is 2.00 bits per heavy atom. The number of unbranched alkanes of at least 4 members (excludes halogenated alkanes) is 3. The standard InChI is InChI=1S/C17H26O2/c1-5-6-7-8-9-15-16(18)13(4)14(17(15)19)11-10-12(2)3/h9-10,16,18H,5-8,11H2,1-4H3/b15-9+. The lowest BCUT2D eigenvalue weighted by molar-refractivity contribution is -0.112. The number of rotatable bonds is 6. The summed E-state index contributed by atoms with van der Waals surface area (Å²) < 4.78 is 0. The van der Waals surface area contributed by atoms with Crippen LogP contribution in [-0.4, -0.2) is 17.0 Å². The molecule has 0 fully saturated rings. The topological polar surface area (TPSA) is 37.3 Å². The van der Waals surface area contributed by atoms with Crippen molar-refractivity contribution in [1.82, 2.24) is 0 Å². The monoisotopic (exact) mass is 262 g/mol. The van der Waals surface area contributed by atoms with Crippen LogP contribution < -0.4 is 0 Å². The molecule has 0 spiro atoms. The van der Waals surface area contributed by atoms with Gasteiger partial charge in [-0.15, -0.1) is 0 Å². The molecule has 1 atom stereocenters. The van der Waals surface area contributed by atoms with Crippen molar-refractivity contribution in [3.63, 3.8) is 0 Å². The maximum Gasteiger partial charge on any atom is 0.187 e. The number of allylic oxidation sites excluding steroid dienone is 4. The molecule has 19 heavy (non-hydrogen) atoms. The van der Waals surface area contributed by atoms with E-state index in [9.17, 15) is 9.90 Å². The Labute approximate surface area is 116 Å². The third-order valence-electron chi connectivity index (χ3n) is 3.60. The first-order valence-corrected chi connectivity index (χ1v) is 7.24. The Balaban J connectivity index is 2.76. The molecule has 2 heteroatoms. The predicted octanol–water partition coefficient (Wildman–Crippen LogP) is 4.11. The van der Waals surface area contributed by atoms with Crippen LogP contribution in [0.3, 0.4) is 0 Å². The highest BCUT2D eigenvalue weighted by Gasteiger charge is 2.32. The summed E-state index contributed by atoms with van der Waals surface area (Å²) in [5.41, 5.74) is 3.38. The van der Waals surface area contributed by atoms with Crippen molar-refractivity contribution in [3.8, 4) is 0 Å². The van der Waals surface area contributed by atoms with E-state index in [4.69, 9.17) is 0 Å². The van der Waals surface area contributed by atoms with Crippen molar-refractivity contribution in [1.29, 1.82) is 0 Å². The zero-order valence-electron chi connectivity index (χ0n) is 12.6. The molecule has 0 aromatic heterocycles. The Kier molecular flexibility index (Phi) is 6.23. The van der Waals surface area contributed by atoms with Gasteiger partial charge in [-0.1, -0.05) is 37.5 Å². The Hall–Kier alpha value is -1.15. The normalized spacial score (nSPS) is 21.4. The fourth-order valence-electron chi connectivity index (χ4n) is 2.29. The fourth-order valence-corrected chi connectivity index (χ4v) is 2.29. The van der Waals surface area contributed by atoms with Gasteiger partial charge in [-0.3, -0.25) is 4.79 Å². The molecule has 1 unspecified atom stereocenters. The van der Waals surface area contributed by atoms with Gasteiger partial charge in [0.05, 0.1) is 0 Å². The van der Waals surface area contributed by atoms with Gasteiger partial charge in [0.1, 0.15) is 6.10 Å². The molecular weight excluding hydrogens is 236 g/mol. The van der Waals surface area contributed by atoms with E-state index in [0.717, 1.165) is 24.0 Å². The number of aliphatic hydroxyl groups is 1. The lowest BCUT2D eigenvalue weighted by Crippen LogP contribution is -2.10. The Bertz CT molecular complexity index is 421. The molecule has 106 valence electrons. The van der Waals surface area contributed by atoms with Crippen LogP contribution in [0.1, 0.15) is 59.8 Å². The van der Waals surface area contributed by atoms with Gasteiger partial charge >= 0.3 is 0 Å². The number of hydrogen-bond donors (Lipinski definition) is 1. The first kappa shape index (κ1) is 15.9. The first-order valence-electron chi connectivity index (χ1n) is 7.24. The lowest BCUT2D eigenvalue weighted by Gasteiger charge is -2.05. The summed E-state index contributed by atoms with van der Waals surface area (Å²) in [7, 11) is 0. The lowest BCUT2D eigenvalue weighted by atomic mass is 10.0. The van der Waals surface area contributed by atoms with E-state index in [2.05, 4.69) is 6.92 Å². The van der Waals surface area contributed by atoms with Crippen molar-refractivity contribution in [3.05, 3.63) is 34.4 Å². The number of aliphatic hydroxyl groups excluding tert-OH is 1. The third kappa shape index (κ3) is 4.17. The van der Waals surface area contributed by atoms with E-state index < -0.39 is 6.10 Å². The smallest absolute Gasteiger partial charge is 0.187 e. The van der Waals surface area contributed by atoms with Crippen molar-refractivity contribution in [2.45, 2.75) is 65.9 Å². The molecule has 0 bridgehead atoms. The van der Waals surface area contributed by atoms with Crippen molar-refractivity contribution < 1.29 is 9.90 Å². The summed E-state index contributed by atoms with van der Waals surface area (Å²) in [6.07, 6.45) is 8.24. The van der Waals surface area contributed by atoms with E-state index >= 15 is 0 Å². The number of Topliss-reactive ketones (excluding diaryl/α,β-unsaturated/α-hetero) is 1. The molecule has 0 amide bonds. The van der Waals surface area contributed by atoms with Crippen molar-refractivity contribution >= 4 is 5.78 Å². The molecule has 1 aliphatic rings. The number of ketones is 1. The van der Waals surface area contributed by atoms with Gasteiger partial charge < -0.3 is 5.11 Å². The first-order chi connectivity index (χ1) is 8.99. The van der Waals surface area contributed by atoms with E-state index in [1.165, 1.54) is 18.4 Å². The highest BCUT2D eigenvalue weighted by Crippen LogP contribution is 2.31. The molecule has 1 aliphatic carbocycles. The zero-order valence-corrected chi connectivity index (χ0v) is 12.6. The summed E-state index contributed by atoms with van der Waals surface area (Å²) in [5.74, 6) is 0.0407. The van der Waals surface area contributed by atoms with Crippen LogP contribution in [-0.2, 0) is 4.79 Å². The Morgan fingerprint density at radius 3 is 2.58 bits per heavy atom. The zero-order chi connectivity index (χ0) is 14.4. The highest BCUT2D eigenvalue weighted by molar-refractivity contribution is 6.13. The van der Waals surface area contributed by atoms with Gasteiger partial charge in [-0.25, -0.2) is 0 Å². The molecule has 1 N–H and O–H groups in total. The quantitative estimate of drug-likeness (QED) is 0.444. The highest BCUT2D eigenvalue weighted by atomic mass is 16.3. The largest absolute Gasteiger partial charge is 0.384 e. The number of carbonyl (C=O) groups excluding carboxylic acids is 1. The van der Waals surface area contributed by atoms with Gasteiger partial charge in [-0.05, 0) is 45.6 Å². The van der Waals surface area contributed by atoms with Crippen LogP contribution in [0.4, 0.5) is 0 Å². The van der Waals surface area contributed by atoms with Crippen LogP contribution in [0, 0.1) is 0 Å². The van der Waals surface area contributed by atoms with Crippen LogP contribution >= 0.6 is 0 Å². The molecular formula is C17H26O2. The van der Waals surface area contributed by atoms with Gasteiger partial charge in [0.2, 0.25) is 0 Å². The maximum atomic E-state index is 12.3. The second-order valence-corrected chi connectivity index (χ2v) is 5.53. The minimum atomic E-state index is -0.685. The van der Waals surface area contributed by atoms with Gasteiger partial charge in [-0.2, -0.15) is 0 Å². The average molecular weight is 262 g/mol. The molecule has 0 saturated carbocycles. The molecule has 1 rings (SSSR count). The van der Waals surface area contributed by atoms with E-state index in [-0.39, 0.29) is 5.78 Å². The summed E-state index contributed by atoms with van der Waals surface area (Å²) in [4.78, 5) is 12.3. The van der Waals surface area contributed by atoms with Crippen molar-refractivity contribution in [2.24, 2.45) is 0 Å². The van der Waals surface area contributed by atoms with Crippen LogP contribution in [0.5, 0.6) is 0 Å². The minimum absolute atomic E-state index is 0.0407. The summed E-state index contributed by atoms with van der Waals surface area (Å²) >= 11 is 0. The van der Waals surface area contributed by atoms with Crippen LogP contribution in [0.2, 0.25) is 0 Å². The summed E-state index contributed by atoms with van der Waals surface area (Å²) in [6.45, 7) is 8.07. The maximum absolute atomic E-state index is 12.3. The molecule has 0 aromatic rings. The van der Waals surface area contributed by atoms with E-state index in [1.807, 2.05) is 32.9 Å². The molecule has 0 heterocycles. The number of hydrogen-bond acceptors (Lipinski definition) is 2. The SMILES string of the molecule is CCCCC/C=C1/C(=O)C(CC=C(C)C)=C(C)C1O. The second-order valence-electron chi connectivity index (χ2n) is 5.53. The predicted molar refractivity (Wildman–Crippen MR) is 80.0 cm³/mol. The van der Waals surface area contributed by atoms with Crippen LogP contribution in [0.25, 0.3) is 0 Å². The fraction of sp³-hybridized carbons (Fsp3) is 0.588. The van der Waals surface area contributed by atoms with Crippen molar-refractivity contribution in [2.75, 3.05) is 0 Å². The minimum Gasteiger partial charge on any atom is -0.384 e. The van der Waals surface area contributed by atoms with Gasteiger partial charge in [0.25, 0.3) is 0 Å². The molecule has 0 saturated heterocycles. The second kappa shape index (κ2) is 7.44. The summed E-state index contributed by atoms with van der Waals surface area (Å²) in [6, 6.07) is 0. The third-order valence-corrected chi connectivity index (χ3v) is 3.60. The number of carbonyl (C=O) groups is 1. The van der Waals surface area contributed by atoms with E-state index in [0.29, 0.717) is 12.0 Å². The van der Waals surface area contributed by atoms with Gasteiger partial charge in [0.15, 0.2) is 5.78 Å². The molecule has 0 radical (unpaired) electrons. The van der Waals surface area contributed by atoms with Crippen LogP contribution in [0.15, 0.2) is 34.4 Å². The molecule has 2 nitrogen and oxygen atoms in total. The van der Waals surface area contributed by atoms with E-state index in [1.54, 1.807) is 0 Å². The Morgan fingerprint density at radius 1 is 1.32 bits per heavy atom. The molecule has 0 aliphatic heterocycles. The average Bonchev–Trinajstić information content (AvgIpc) is 2.56. The van der Waals surface area contributed by atoms with Gasteiger partial charge in [0, 0.05) is 11.1 Å².